The van der Waals surface area contributed by atoms with Gasteiger partial charge < -0.3 is 19.4 Å². The van der Waals surface area contributed by atoms with Crippen LogP contribution >= 0.6 is 0 Å². The zero-order valence-electron chi connectivity index (χ0n) is 16.9. The average molecular weight is 412 g/mol. The topological polar surface area (TPSA) is 105 Å². The van der Waals surface area contributed by atoms with E-state index in [0.717, 1.165) is 24.6 Å². The van der Waals surface area contributed by atoms with Gasteiger partial charge in [0.25, 0.3) is 11.6 Å². The number of carbonyl (C=O) groups is 1. The molecule has 2 aliphatic heterocycles. The van der Waals surface area contributed by atoms with Gasteiger partial charge in [0.15, 0.2) is 0 Å². The Morgan fingerprint density at radius 2 is 1.67 bits per heavy atom. The zero-order chi connectivity index (χ0) is 21.1. The fourth-order valence-corrected chi connectivity index (χ4v) is 3.65. The molecule has 30 heavy (non-hydrogen) atoms. The Morgan fingerprint density at radius 3 is 2.30 bits per heavy atom. The molecule has 0 bridgehead atoms. The predicted molar refractivity (Wildman–Crippen MR) is 111 cm³/mol. The maximum atomic E-state index is 12.7. The molecular formula is C20H24N6O4. The lowest BCUT2D eigenvalue weighted by atomic mass is 10.1. The Balaban J connectivity index is 1.41. The van der Waals surface area contributed by atoms with Crippen LogP contribution in [0, 0.1) is 17.0 Å². The minimum atomic E-state index is -0.472. The van der Waals surface area contributed by atoms with E-state index in [1.165, 1.54) is 24.3 Å². The van der Waals surface area contributed by atoms with Gasteiger partial charge in [0.05, 0.1) is 18.1 Å². The van der Waals surface area contributed by atoms with Crippen LogP contribution in [0.5, 0.6) is 0 Å². The molecule has 0 spiro atoms. The lowest BCUT2D eigenvalue weighted by Gasteiger charge is -2.35. The van der Waals surface area contributed by atoms with E-state index in [1.54, 1.807) is 4.90 Å². The largest absolute Gasteiger partial charge is 0.378 e. The van der Waals surface area contributed by atoms with Crippen LogP contribution in [0.1, 0.15) is 16.1 Å². The Kier molecular flexibility index (Phi) is 5.75. The molecule has 1 aromatic carbocycles. The van der Waals surface area contributed by atoms with Crippen molar-refractivity contribution >= 4 is 23.4 Å². The Bertz CT molecular complexity index is 921. The van der Waals surface area contributed by atoms with Crippen LogP contribution in [0.3, 0.4) is 0 Å². The van der Waals surface area contributed by atoms with Crippen molar-refractivity contribution in [2.75, 3.05) is 62.3 Å². The van der Waals surface area contributed by atoms with Crippen molar-refractivity contribution in [2.45, 2.75) is 6.92 Å². The van der Waals surface area contributed by atoms with Gasteiger partial charge in [-0.2, -0.15) is 4.98 Å². The third-order valence-corrected chi connectivity index (χ3v) is 5.34. The number of non-ortho nitro benzene ring substituents is 1. The van der Waals surface area contributed by atoms with Crippen LogP contribution in [0.25, 0.3) is 0 Å². The summed E-state index contributed by atoms with van der Waals surface area (Å²) in [5, 5.41) is 10.8. The van der Waals surface area contributed by atoms with Crippen molar-refractivity contribution < 1.29 is 14.5 Å². The molecule has 10 heteroatoms. The van der Waals surface area contributed by atoms with E-state index in [-0.39, 0.29) is 11.6 Å². The van der Waals surface area contributed by atoms with Gasteiger partial charge in [0, 0.05) is 68.7 Å². The van der Waals surface area contributed by atoms with E-state index >= 15 is 0 Å². The first-order chi connectivity index (χ1) is 14.5. The molecule has 0 atom stereocenters. The number of hydrogen-bond acceptors (Lipinski definition) is 8. The number of benzene rings is 1. The molecule has 158 valence electrons. The molecule has 2 aromatic rings. The standard InChI is InChI=1S/C20H24N6O4/c1-15-14-18(23-10-12-30-13-11-23)22-20(21-15)25-8-6-24(7-9-25)19(27)16-2-4-17(5-3-16)26(28)29/h2-5,14H,6-13H2,1H3. The van der Waals surface area contributed by atoms with E-state index in [1.807, 2.05) is 13.0 Å². The monoisotopic (exact) mass is 412 g/mol. The van der Waals surface area contributed by atoms with Gasteiger partial charge >= 0.3 is 0 Å². The number of morpholine rings is 1. The molecule has 0 radical (unpaired) electrons. The summed E-state index contributed by atoms with van der Waals surface area (Å²) in [6, 6.07) is 7.72. The Morgan fingerprint density at radius 1 is 1.00 bits per heavy atom. The molecule has 1 amide bonds. The third-order valence-electron chi connectivity index (χ3n) is 5.34. The molecule has 0 aliphatic carbocycles. The molecule has 2 fully saturated rings. The quantitative estimate of drug-likeness (QED) is 0.549. The number of ether oxygens (including phenoxy) is 1. The van der Waals surface area contributed by atoms with Gasteiger partial charge in [-0.3, -0.25) is 14.9 Å². The molecule has 2 aliphatic rings. The molecule has 0 N–H and O–H groups in total. The molecule has 1 aromatic heterocycles. The number of carbonyl (C=O) groups excluding carboxylic acids is 1. The molecule has 10 nitrogen and oxygen atoms in total. The number of rotatable bonds is 4. The van der Waals surface area contributed by atoms with Gasteiger partial charge in [-0.05, 0) is 19.1 Å². The van der Waals surface area contributed by atoms with Gasteiger partial charge in [0.1, 0.15) is 5.82 Å². The van der Waals surface area contributed by atoms with E-state index in [4.69, 9.17) is 9.72 Å². The SMILES string of the molecule is Cc1cc(N2CCOCC2)nc(N2CCN(C(=O)c3ccc([N+](=O)[O-])cc3)CC2)n1. The Hall–Kier alpha value is -3.27. The van der Waals surface area contributed by atoms with Gasteiger partial charge in [0.2, 0.25) is 5.95 Å². The normalized spacial score (nSPS) is 17.2. The number of piperazine rings is 1. The number of hydrogen-bond donors (Lipinski definition) is 0. The number of anilines is 2. The summed E-state index contributed by atoms with van der Waals surface area (Å²) < 4.78 is 5.42. The second kappa shape index (κ2) is 8.62. The summed E-state index contributed by atoms with van der Waals surface area (Å²) in [5.41, 5.74) is 1.34. The summed E-state index contributed by atoms with van der Waals surface area (Å²) >= 11 is 0. The van der Waals surface area contributed by atoms with Crippen LogP contribution in [-0.4, -0.2) is 78.2 Å². The molecule has 4 rings (SSSR count). The number of aryl methyl sites for hydroxylation is 1. The predicted octanol–water partition coefficient (Wildman–Crippen LogP) is 1.49. The molecule has 2 saturated heterocycles. The number of nitro groups is 1. The van der Waals surface area contributed by atoms with Crippen molar-refractivity contribution in [1.82, 2.24) is 14.9 Å². The summed E-state index contributed by atoms with van der Waals surface area (Å²) in [5.74, 6) is 1.47. The summed E-state index contributed by atoms with van der Waals surface area (Å²) in [7, 11) is 0. The molecule has 0 unspecified atom stereocenters. The van der Waals surface area contributed by atoms with E-state index in [9.17, 15) is 14.9 Å². The van der Waals surface area contributed by atoms with Crippen molar-refractivity contribution in [2.24, 2.45) is 0 Å². The van der Waals surface area contributed by atoms with Gasteiger partial charge in [-0.1, -0.05) is 0 Å². The van der Waals surface area contributed by atoms with Gasteiger partial charge in [-0.25, -0.2) is 4.98 Å². The summed E-state index contributed by atoms with van der Waals surface area (Å²) in [4.78, 5) is 38.4. The summed E-state index contributed by atoms with van der Waals surface area (Å²) in [6.07, 6.45) is 0. The van der Waals surface area contributed by atoms with Crippen LogP contribution < -0.4 is 9.80 Å². The second-order valence-corrected chi connectivity index (χ2v) is 7.35. The van der Waals surface area contributed by atoms with Crippen LogP contribution in [0.4, 0.5) is 17.5 Å². The molecule has 0 saturated carbocycles. The van der Waals surface area contributed by atoms with Crippen LogP contribution in [0.2, 0.25) is 0 Å². The highest BCUT2D eigenvalue weighted by atomic mass is 16.6. The van der Waals surface area contributed by atoms with Crippen molar-refractivity contribution in [3.63, 3.8) is 0 Å². The van der Waals surface area contributed by atoms with Crippen LogP contribution in [-0.2, 0) is 4.74 Å². The lowest BCUT2D eigenvalue weighted by molar-refractivity contribution is -0.384. The zero-order valence-corrected chi connectivity index (χ0v) is 16.9. The first-order valence-electron chi connectivity index (χ1n) is 9.98. The second-order valence-electron chi connectivity index (χ2n) is 7.35. The van der Waals surface area contributed by atoms with Crippen molar-refractivity contribution in [3.05, 3.63) is 51.7 Å². The third kappa shape index (κ3) is 4.33. The van der Waals surface area contributed by atoms with E-state index in [0.29, 0.717) is 50.9 Å². The molecular weight excluding hydrogens is 388 g/mol. The maximum absolute atomic E-state index is 12.7. The first-order valence-corrected chi connectivity index (χ1v) is 9.98. The highest BCUT2D eigenvalue weighted by Crippen LogP contribution is 2.20. The maximum Gasteiger partial charge on any atom is 0.269 e. The fourth-order valence-electron chi connectivity index (χ4n) is 3.65. The minimum absolute atomic E-state index is 0.0240. The minimum Gasteiger partial charge on any atom is -0.378 e. The number of nitro benzene ring substituents is 1. The highest BCUT2D eigenvalue weighted by Gasteiger charge is 2.25. The Labute approximate surface area is 174 Å². The average Bonchev–Trinajstić information content (AvgIpc) is 2.79. The number of nitrogens with zero attached hydrogens (tertiary/aromatic N) is 6. The lowest BCUT2D eigenvalue weighted by Crippen LogP contribution is -2.49. The van der Waals surface area contributed by atoms with Crippen molar-refractivity contribution in [3.8, 4) is 0 Å². The van der Waals surface area contributed by atoms with E-state index in [2.05, 4.69) is 14.8 Å². The van der Waals surface area contributed by atoms with E-state index < -0.39 is 4.92 Å². The first kappa shape index (κ1) is 20.0. The van der Waals surface area contributed by atoms with Crippen LogP contribution in [0.15, 0.2) is 30.3 Å². The number of aromatic nitrogens is 2. The van der Waals surface area contributed by atoms with Crippen molar-refractivity contribution in [1.29, 1.82) is 0 Å². The van der Waals surface area contributed by atoms with Gasteiger partial charge in [-0.15, -0.1) is 0 Å². The molecule has 3 heterocycles. The number of amides is 1. The highest BCUT2D eigenvalue weighted by molar-refractivity contribution is 5.94. The summed E-state index contributed by atoms with van der Waals surface area (Å²) in [6.45, 7) is 7.32. The fraction of sp³-hybridized carbons (Fsp3) is 0.450. The smallest absolute Gasteiger partial charge is 0.269 e.